The van der Waals surface area contributed by atoms with E-state index in [-0.39, 0.29) is 30.9 Å². The average Bonchev–Trinajstić information content (AvgIpc) is 2.45. The topological polar surface area (TPSA) is 57.6 Å². The first-order chi connectivity index (χ1) is 10.6. The Balaban J connectivity index is 2.71. The maximum Gasteiger partial charge on any atom is 0.416 e. The van der Waals surface area contributed by atoms with Gasteiger partial charge in [0.15, 0.2) is 0 Å². The maximum absolute atomic E-state index is 13.0. The molecule has 0 saturated heterocycles. The van der Waals surface area contributed by atoms with E-state index in [1.54, 1.807) is 6.92 Å². The van der Waals surface area contributed by atoms with Gasteiger partial charge in [-0.15, -0.1) is 0 Å². The van der Waals surface area contributed by atoms with Crippen molar-refractivity contribution in [2.45, 2.75) is 38.3 Å². The van der Waals surface area contributed by atoms with Crippen LogP contribution in [0.4, 0.5) is 13.2 Å². The first-order valence-corrected chi connectivity index (χ1v) is 7.24. The number of rotatable bonds is 7. The third-order valence-corrected chi connectivity index (χ3v) is 3.59. The Morgan fingerprint density at radius 3 is 2.43 bits per heavy atom. The molecule has 0 bridgehead atoms. The molecule has 1 unspecified atom stereocenters. The molecule has 0 aliphatic carbocycles. The van der Waals surface area contributed by atoms with Gasteiger partial charge in [-0.25, -0.2) is 0 Å². The summed E-state index contributed by atoms with van der Waals surface area (Å²) in [6.07, 6.45) is -4.26. The molecule has 0 aliphatic heterocycles. The number of alkyl halides is 3. The lowest BCUT2D eigenvalue weighted by molar-refractivity contribution is -0.139. The largest absolute Gasteiger partial charge is 0.481 e. The monoisotopic (exact) mass is 331 g/mol. The van der Waals surface area contributed by atoms with E-state index in [4.69, 9.17) is 5.11 Å². The van der Waals surface area contributed by atoms with Crippen LogP contribution < -0.4 is 0 Å². The number of halogens is 3. The molecule has 0 aromatic heterocycles. The summed E-state index contributed by atoms with van der Waals surface area (Å²) in [6.45, 7) is 1.84. The van der Waals surface area contributed by atoms with Crippen LogP contribution in [0.3, 0.4) is 0 Å². The second-order valence-electron chi connectivity index (χ2n) is 5.50. The lowest BCUT2D eigenvalue weighted by Crippen LogP contribution is -2.29. The lowest BCUT2D eigenvalue weighted by atomic mass is 9.92. The van der Waals surface area contributed by atoms with Crippen molar-refractivity contribution >= 4 is 11.9 Å². The van der Waals surface area contributed by atoms with E-state index >= 15 is 0 Å². The highest BCUT2D eigenvalue weighted by Gasteiger charge is 2.34. The maximum atomic E-state index is 13.0. The summed E-state index contributed by atoms with van der Waals surface area (Å²) in [5.74, 6) is -1.83. The molecule has 1 aromatic rings. The minimum absolute atomic E-state index is 0.0515. The van der Waals surface area contributed by atoms with E-state index in [1.807, 2.05) is 0 Å². The number of carbonyl (C=O) groups excluding carboxylic acids is 1. The molecule has 4 nitrogen and oxygen atoms in total. The van der Waals surface area contributed by atoms with Crippen LogP contribution in [0.1, 0.15) is 43.2 Å². The fourth-order valence-corrected chi connectivity index (χ4v) is 2.30. The fraction of sp³-hybridized carbons (Fsp3) is 0.500. The summed E-state index contributed by atoms with van der Waals surface area (Å²) in [7, 11) is 1.52. The molecule has 0 saturated carbocycles. The molecule has 0 aliphatic rings. The summed E-state index contributed by atoms with van der Waals surface area (Å²) >= 11 is 0. The second-order valence-corrected chi connectivity index (χ2v) is 5.50. The molecule has 1 N–H and O–H groups in total. The Bertz CT molecular complexity index is 558. The zero-order valence-corrected chi connectivity index (χ0v) is 13.1. The standard InChI is InChI=1S/C16H20F3NO3/c1-11(10-14(21)20(2)9-5-8-15(22)23)12-6-3-4-7-13(12)16(17,18)19/h3-4,6-7,11H,5,8-10H2,1-2H3,(H,22,23). The molecule has 0 spiro atoms. The molecular formula is C16H20F3NO3. The molecule has 0 fully saturated rings. The van der Waals surface area contributed by atoms with Gasteiger partial charge in [-0.2, -0.15) is 13.2 Å². The smallest absolute Gasteiger partial charge is 0.416 e. The van der Waals surface area contributed by atoms with Gasteiger partial charge in [0.05, 0.1) is 5.56 Å². The minimum Gasteiger partial charge on any atom is -0.481 e. The van der Waals surface area contributed by atoms with Crippen molar-refractivity contribution in [1.29, 1.82) is 0 Å². The number of carboxylic acids is 1. The Morgan fingerprint density at radius 1 is 1.26 bits per heavy atom. The van der Waals surface area contributed by atoms with E-state index in [9.17, 15) is 22.8 Å². The van der Waals surface area contributed by atoms with Crippen LogP contribution in [0.5, 0.6) is 0 Å². The van der Waals surface area contributed by atoms with Crippen LogP contribution >= 0.6 is 0 Å². The van der Waals surface area contributed by atoms with Gasteiger partial charge in [-0.3, -0.25) is 9.59 Å². The van der Waals surface area contributed by atoms with Gasteiger partial charge in [-0.1, -0.05) is 25.1 Å². The zero-order chi connectivity index (χ0) is 17.6. The first-order valence-electron chi connectivity index (χ1n) is 7.24. The Hall–Kier alpha value is -2.05. The summed E-state index contributed by atoms with van der Waals surface area (Å²) in [6, 6.07) is 5.22. The summed E-state index contributed by atoms with van der Waals surface area (Å²) in [4.78, 5) is 23.9. The van der Waals surface area contributed by atoms with Crippen LogP contribution in [0.15, 0.2) is 24.3 Å². The molecule has 0 radical (unpaired) electrons. The van der Waals surface area contributed by atoms with Crippen molar-refractivity contribution in [2.75, 3.05) is 13.6 Å². The van der Waals surface area contributed by atoms with Crippen molar-refractivity contribution in [1.82, 2.24) is 4.90 Å². The van der Waals surface area contributed by atoms with Gasteiger partial charge in [0.25, 0.3) is 0 Å². The van der Waals surface area contributed by atoms with E-state index in [1.165, 1.54) is 30.1 Å². The highest BCUT2D eigenvalue weighted by Crippen LogP contribution is 2.36. The fourth-order valence-electron chi connectivity index (χ4n) is 2.30. The number of amides is 1. The van der Waals surface area contributed by atoms with Gasteiger partial charge in [0, 0.05) is 26.4 Å². The van der Waals surface area contributed by atoms with Gasteiger partial charge >= 0.3 is 12.1 Å². The zero-order valence-electron chi connectivity index (χ0n) is 13.1. The lowest BCUT2D eigenvalue weighted by Gasteiger charge is -2.21. The molecule has 1 rings (SSSR count). The van der Waals surface area contributed by atoms with E-state index in [0.29, 0.717) is 6.42 Å². The minimum atomic E-state index is -4.46. The molecule has 7 heteroatoms. The summed E-state index contributed by atoms with van der Waals surface area (Å²) in [5, 5.41) is 8.56. The van der Waals surface area contributed by atoms with E-state index in [0.717, 1.165) is 6.07 Å². The average molecular weight is 331 g/mol. The predicted octanol–water partition coefficient (Wildman–Crippen LogP) is 3.52. The number of aliphatic carboxylic acids is 1. The highest BCUT2D eigenvalue weighted by atomic mass is 19.4. The van der Waals surface area contributed by atoms with Crippen molar-refractivity contribution in [2.24, 2.45) is 0 Å². The number of nitrogens with zero attached hydrogens (tertiary/aromatic N) is 1. The molecule has 128 valence electrons. The molecule has 23 heavy (non-hydrogen) atoms. The second kappa shape index (κ2) is 7.99. The predicted molar refractivity (Wildman–Crippen MR) is 79.0 cm³/mol. The number of benzene rings is 1. The van der Waals surface area contributed by atoms with Crippen LogP contribution in [0, 0.1) is 0 Å². The molecule has 1 amide bonds. The molecule has 0 heterocycles. The quantitative estimate of drug-likeness (QED) is 0.832. The van der Waals surface area contributed by atoms with Crippen molar-refractivity contribution in [3.05, 3.63) is 35.4 Å². The van der Waals surface area contributed by atoms with Crippen molar-refractivity contribution < 1.29 is 27.9 Å². The first kappa shape index (κ1) is 19.0. The number of carboxylic acid groups (broad SMARTS) is 1. The molecular weight excluding hydrogens is 311 g/mol. The van der Waals surface area contributed by atoms with Crippen molar-refractivity contribution in [3.8, 4) is 0 Å². The van der Waals surface area contributed by atoms with Crippen LogP contribution in [-0.4, -0.2) is 35.5 Å². The normalized spacial score (nSPS) is 12.7. The summed E-state index contributed by atoms with van der Waals surface area (Å²) < 4.78 is 39.0. The highest BCUT2D eigenvalue weighted by molar-refractivity contribution is 5.77. The van der Waals surface area contributed by atoms with Crippen molar-refractivity contribution in [3.63, 3.8) is 0 Å². The Kier molecular flexibility index (Phi) is 6.60. The number of hydrogen-bond donors (Lipinski definition) is 1. The molecule has 1 atom stereocenters. The van der Waals surface area contributed by atoms with Crippen LogP contribution in [0.25, 0.3) is 0 Å². The van der Waals surface area contributed by atoms with Crippen LogP contribution in [-0.2, 0) is 15.8 Å². The number of carbonyl (C=O) groups is 2. The van der Waals surface area contributed by atoms with Gasteiger partial charge in [0.2, 0.25) is 5.91 Å². The third kappa shape index (κ3) is 5.92. The van der Waals surface area contributed by atoms with E-state index in [2.05, 4.69) is 0 Å². The van der Waals surface area contributed by atoms with Gasteiger partial charge in [-0.05, 0) is 24.0 Å². The Labute approximate surface area is 132 Å². The van der Waals surface area contributed by atoms with E-state index < -0.39 is 23.6 Å². The van der Waals surface area contributed by atoms with Gasteiger partial charge < -0.3 is 10.0 Å². The summed E-state index contributed by atoms with van der Waals surface area (Å²) in [5.41, 5.74) is -0.638. The third-order valence-electron chi connectivity index (χ3n) is 3.59. The van der Waals surface area contributed by atoms with Gasteiger partial charge in [0.1, 0.15) is 0 Å². The Morgan fingerprint density at radius 2 is 1.87 bits per heavy atom. The number of hydrogen-bond acceptors (Lipinski definition) is 2. The molecule has 1 aromatic carbocycles. The SMILES string of the molecule is CC(CC(=O)N(C)CCCC(=O)O)c1ccccc1C(F)(F)F. The van der Waals surface area contributed by atoms with Crippen LogP contribution in [0.2, 0.25) is 0 Å².